The Kier molecular flexibility index (Phi) is 2.39. The van der Waals surface area contributed by atoms with Crippen LogP contribution in [0, 0.1) is 5.92 Å². The molecule has 1 saturated heterocycles. The van der Waals surface area contributed by atoms with Gasteiger partial charge in [0.25, 0.3) is 0 Å². The molecule has 4 heteroatoms. The van der Waals surface area contributed by atoms with Crippen LogP contribution < -0.4 is 5.73 Å². The number of carbonyl (C=O) groups is 1. The van der Waals surface area contributed by atoms with Gasteiger partial charge in [0.05, 0.1) is 23.8 Å². The second-order valence-electron chi connectivity index (χ2n) is 2.78. The summed E-state index contributed by atoms with van der Waals surface area (Å²) in [5.74, 6) is -0.477. The molecule has 1 heterocycles. The van der Waals surface area contributed by atoms with Crippen LogP contribution in [0.4, 0.5) is 0 Å². The van der Waals surface area contributed by atoms with E-state index in [0.717, 1.165) is 12.8 Å². The minimum absolute atomic E-state index is 0.162. The second kappa shape index (κ2) is 3.30. The van der Waals surface area contributed by atoms with Gasteiger partial charge < -0.3 is 5.73 Å². The number of amides is 2. The van der Waals surface area contributed by atoms with Crippen LogP contribution in [-0.4, -0.2) is 30.3 Å². The lowest BCUT2D eigenvalue weighted by Crippen LogP contribution is -2.40. The predicted octanol–water partition coefficient (Wildman–Crippen LogP) is -0.749. The lowest BCUT2D eigenvalue weighted by molar-refractivity contribution is -0.122. The molecule has 2 N–H and O–H groups in total. The van der Waals surface area contributed by atoms with Gasteiger partial charge in [-0.15, -0.1) is 4.90 Å². The summed E-state index contributed by atoms with van der Waals surface area (Å²) >= 11 is 0. The van der Waals surface area contributed by atoms with Gasteiger partial charge in [0.15, 0.2) is 0 Å². The van der Waals surface area contributed by atoms with E-state index in [1.54, 1.807) is 6.41 Å². The first-order valence-electron chi connectivity index (χ1n) is 3.66. The lowest BCUT2D eigenvalue weighted by Gasteiger charge is -2.19. The minimum Gasteiger partial charge on any atom is -0.369 e. The lowest BCUT2D eigenvalue weighted by atomic mass is 9.98. The van der Waals surface area contributed by atoms with Crippen LogP contribution in [0.1, 0.15) is 12.8 Å². The molecule has 0 aromatic heterocycles. The van der Waals surface area contributed by atoms with Crippen molar-refractivity contribution in [2.45, 2.75) is 12.8 Å². The maximum atomic E-state index is 10.7. The Labute approximate surface area is 65.3 Å². The largest absolute Gasteiger partial charge is 0.667 e. The standard InChI is InChI=1S/C7H10N2O2/c8-7(11)6-2-1-3-9(4-6)5-10/h6H,1-4H2,(H-,8,11)/p+1. The van der Waals surface area contributed by atoms with Gasteiger partial charge in [-0.2, -0.15) is 0 Å². The van der Waals surface area contributed by atoms with Crippen molar-refractivity contribution < 1.29 is 9.59 Å². The molecule has 1 aliphatic rings. The van der Waals surface area contributed by atoms with E-state index >= 15 is 0 Å². The van der Waals surface area contributed by atoms with E-state index in [-0.39, 0.29) is 11.8 Å². The number of rotatable bonds is 2. The van der Waals surface area contributed by atoms with Crippen molar-refractivity contribution in [2.24, 2.45) is 11.7 Å². The molecule has 1 fully saturated rings. The highest BCUT2D eigenvalue weighted by Gasteiger charge is 2.29. The molecule has 0 aliphatic carbocycles. The summed E-state index contributed by atoms with van der Waals surface area (Å²) in [6.45, 7) is 1.14. The number of hydrogen-bond acceptors (Lipinski definition) is 2. The summed E-state index contributed by atoms with van der Waals surface area (Å²) in [5, 5.41) is 0. The Bertz CT molecular complexity index is 170. The van der Waals surface area contributed by atoms with Gasteiger partial charge in [-0.25, -0.2) is 0 Å². The summed E-state index contributed by atoms with van der Waals surface area (Å²) in [6, 6.07) is 0. The fraction of sp³-hybridized carbons (Fsp3) is 0.714. The summed E-state index contributed by atoms with van der Waals surface area (Å²) in [4.78, 5) is 22.3. The molecule has 0 radical (unpaired) electrons. The van der Waals surface area contributed by atoms with Crippen LogP contribution in [-0.2, 0) is 9.59 Å². The van der Waals surface area contributed by atoms with E-state index in [1.807, 2.05) is 0 Å². The molecule has 0 spiro atoms. The molecule has 0 bridgehead atoms. The van der Waals surface area contributed by atoms with Crippen molar-refractivity contribution >= 4 is 12.3 Å². The van der Waals surface area contributed by atoms with Crippen LogP contribution in [0.2, 0.25) is 0 Å². The molecule has 11 heavy (non-hydrogen) atoms. The highest BCUT2D eigenvalue weighted by molar-refractivity contribution is 5.77. The number of primary amides is 1. The third-order valence-corrected chi connectivity index (χ3v) is 1.95. The van der Waals surface area contributed by atoms with Crippen LogP contribution >= 0.6 is 0 Å². The fourth-order valence-electron chi connectivity index (χ4n) is 1.29. The fourth-order valence-corrected chi connectivity index (χ4v) is 1.29. The SMILES string of the molecule is NC(=O)C1CCCN([C+]=O)C1. The van der Waals surface area contributed by atoms with E-state index in [0.29, 0.717) is 13.1 Å². The van der Waals surface area contributed by atoms with Crippen molar-refractivity contribution in [1.29, 1.82) is 0 Å². The van der Waals surface area contributed by atoms with E-state index in [4.69, 9.17) is 5.73 Å². The van der Waals surface area contributed by atoms with Crippen molar-refractivity contribution in [1.82, 2.24) is 4.90 Å². The third-order valence-electron chi connectivity index (χ3n) is 1.95. The summed E-state index contributed by atoms with van der Waals surface area (Å²) in [5.41, 5.74) is 5.09. The van der Waals surface area contributed by atoms with Gasteiger partial charge in [-0.1, -0.05) is 0 Å². The highest BCUT2D eigenvalue weighted by atomic mass is 16.1. The first kappa shape index (κ1) is 7.95. The van der Waals surface area contributed by atoms with Gasteiger partial charge in [0.2, 0.25) is 5.91 Å². The monoisotopic (exact) mass is 155 g/mol. The Morgan fingerprint density at radius 1 is 1.64 bits per heavy atom. The van der Waals surface area contributed by atoms with E-state index in [2.05, 4.69) is 0 Å². The molecule has 0 saturated carbocycles. The van der Waals surface area contributed by atoms with Crippen LogP contribution in [0.25, 0.3) is 0 Å². The van der Waals surface area contributed by atoms with Gasteiger partial charge >= 0.3 is 6.41 Å². The first-order valence-corrected chi connectivity index (χ1v) is 3.66. The molecule has 60 valence electrons. The quantitative estimate of drug-likeness (QED) is 0.533. The number of nitrogens with two attached hydrogens (primary N) is 1. The molecule has 0 aromatic carbocycles. The zero-order valence-corrected chi connectivity index (χ0v) is 6.25. The third kappa shape index (κ3) is 1.88. The number of carbonyl (C=O) groups excluding carboxylic acids is 2. The molecular weight excluding hydrogens is 144 g/mol. The molecule has 4 nitrogen and oxygen atoms in total. The number of piperidine rings is 1. The Hall–Kier alpha value is -1.15. The summed E-state index contributed by atoms with van der Waals surface area (Å²) < 4.78 is 0. The van der Waals surface area contributed by atoms with Gasteiger partial charge in [-0.05, 0) is 12.8 Å². The predicted molar refractivity (Wildman–Crippen MR) is 39.2 cm³/mol. The summed E-state index contributed by atoms with van der Waals surface area (Å²) in [6.07, 6.45) is 3.41. The molecule has 2 amide bonds. The topological polar surface area (TPSA) is 63.4 Å². The Balaban J connectivity index is 2.45. The zero-order chi connectivity index (χ0) is 8.27. The molecule has 1 rings (SSSR count). The first-order chi connectivity index (χ1) is 5.24. The van der Waals surface area contributed by atoms with Gasteiger partial charge in [0, 0.05) is 0 Å². The van der Waals surface area contributed by atoms with Gasteiger partial charge in [-0.3, -0.25) is 4.79 Å². The smallest absolute Gasteiger partial charge is 0.369 e. The molecule has 1 atom stereocenters. The highest BCUT2D eigenvalue weighted by Crippen LogP contribution is 2.13. The second-order valence-corrected chi connectivity index (χ2v) is 2.78. The van der Waals surface area contributed by atoms with E-state index < -0.39 is 0 Å². The summed E-state index contributed by atoms with van der Waals surface area (Å²) in [7, 11) is 0. The van der Waals surface area contributed by atoms with E-state index in [9.17, 15) is 9.59 Å². The number of hydrogen-bond donors (Lipinski definition) is 1. The minimum atomic E-state index is -0.315. The molecule has 1 aliphatic heterocycles. The van der Waals surface area contributed by atoms with Crippen LogP contribution in [0.15, 0.2) is 0 Å². The normalized spacial score (nSPS) is 24.4. The maximum Gasteiger partial charge on any atom is 0.667 e. The molecule has 1 unspecified atom stereocenters. The van der Waals surface area contributed by atoms with Crippen molar-refractivity contribution in [3.63, 3.8) is 0 Å². The van der Waals surface area contributed by atoms with Crippen molar-refractivity contribution in [3.05, 3.63) is 0 Å². The average Bonchev–Trinajstić information content (AvgIpc) is 2.05. The number of nitrogens with zero attached hydrogens (tertiary/aromatic N) is 1. The van der Waals surface area contributed by atoms with Gasteiger partial charge in [0.1, 0.15) is 0 Å². The van der Waals surface area contributed by atoms with E-state index in [1.165, 1.54) is 4.90 Å². The zero-order valence-electron chi connectivity index (χ0n) is 6.25. The Morgan fingerprint density at radius 3 is 2.91 bits per heavy atom. The van der Waals surface area contributed by atoms with Crippen LogP contribution in [0.3, 0.4) is 0 Å². The maximum absolute atomic E-state index is 10.7. The molecular formula is C7H11N2O2+. The number of likely N-dealkylation sites (tertiary alicyclic amines) is 1. The molecule has 0 aromatic rings. The average molecular weight is 155 g/mol. The van der Waals surface area contributed by atoms with Crippen molar-refractivity contribution in [3.8, 4) is 0 Å². The Morgan fingerprint density at radius 2 is 2.36 bits per heavy atom. The van der Waals surface area contributed by atoms with Crippen molar-refractivity contribution in [2.75, 3.05) is 13.1 Å². The van der Waals surface area contributed by atoms with Crippen LogP contribution in [0.5, 0.6) is 0 Å².